The Kier molecular flexibility index (Phi) is 8.56. The summed E-state index contributed by atoms with van der Waals surface area (Å²) in [5.41, 5.74) is 18.6. The first-order valence-electron chi connectivity index (χ1n) is 17.5. The van der Waals surface area contributed by atoms with Gasteiger partial charge in [0.25, 0.3) is 0 Å². The van der Waals surface area contributed by atoms with Gasteiger partial charge in [0.15, 0.2) is 0 Å². The fraction of sp³-hybridized carbons (Fsp3) is 0.273. The van der Waals surface area contributed by atoms with Gasteiger partial charge in [-0.05, 0) is 0 Å². The molecule has 2 aliphatic carbocycles. The van der Waals surface area contributed by atoms with Crippen LogP contribution in [-0.2, 0) is 15.6 Å². The van der Waals surface area contributed by atoms with E-state index in [0.717, 1.165) is 0 Å². The number of benzene rings is 5. The van der Waals surface area contributed by atoms with Gasteiger partial charge in [0.05, 0.1) is 0 Å². The monoisotopic (exact) mass is 763 g/mol. The van der Waals surface area contributed by atoms with Gasteiger partial charge in [0.1, 0.15) is 0 Å². The molecule has 0 spiro atoms. The van der Waals surface area contributed by atoms with Crippen molar-refractivity contribution in [3.63, 3.8) is 0 Å². The van der Waals surface area contributed by atoms with Crippen molar-refractivity contribution in [3.05, 3.63) is 141 Å². The van der Waals surface area contributed by atoms with Crippen LogP contribution in [0.5, 0.6) is 0 Å². The minimum absolute atomic E-state index is 0.0663. The third-order valence-corrected chi connectivity index (χ3v) is 63.5. The average Bonchev–Trinajstić information content (AvgIpc) is 3.62. The van der Waals surface area contributed by atoms with Gasteiger partial charge in [0.2, 0.25) is 0 Å². The summed E-state index contributed by atoms with van der Waals surface area (Å²) in [6, 6.07) is 31.6. The molecule has 5 aromatic carbocycles. The van der Waals surface area contributed by atoms with Gasteiger partial charge < -0.3 is 0 Å². The van der Waals surface area contributed by atoms with Crippen LogP contribution in [-0.4, -0.2) is 5.92 Å². The third-order valence-electron chi connectivity index (χ3n) is 11.6. The Hall–Kier alpha value is -2.48. The van der Waals surface area contributed by atoms with Crippen LogP contribution in [0.2, 0.25) is 13.1 Å². The van der Waals surface area contributed by atoms with E-state index >= 15 is 0 Å². The summed E-state index contributed by atoms with van der Waals surface area (Å²) in [6.07, 6.45) is 4.95. The number of rotatable bonds is 6. The molecule has 2 unspecified atom stereocenters. The normalized spacial score (nSPS) is 18.1. The molecule has 7 rings (SSSR count). The number of fused-ring (bicyclic) bond motifs is 3. The predicted molar refractivity (Wildman–Crippen MR) is 213 cm³/mol. The molecule has 0 aromatic heterocycles. The van der Waals surface area contributed by atoms with Crippen LogP contribution in [0.4, 0.5) is 0 Å². The van der Waals surface area contributed by atoms with E-state index in [0.29, 0.717) is 5.92 Å². The van der Waals surface area contributed by atoms with Gasteiger partial charge >= 0.3 is 299 Å². The molecular weight excluding hydrogens is 719 g/mol. The number of hydrogen-bond acceptors (Lipinski definition) is 0. The SMILES string of the molecule is CC1=Cc2c(-c3c(C)cc(C)cc3C)ccc(C)c2[CH]1[Zr]([Cl])([Cl])([CH]1C(C(C)C)=Cc2c(-c3cccc4ccccc34)cccc21)[SiH](C)C. The van der Waals surface area contributed by atoms with E-state index in [-0.39, 0.29) is 7.25 Å². The second kappa shape index (κ2) is 12.1. The number of allylic oxidation sites excluding steroid dienone is 2. The Morgan fingerprint density at radius 1 is 0.646 bits per heavy atom. The first kappa shape index (κ1) is 34.0. The predicted octanol–water partition coefficient (Wildman–Crippen LogP) is 13.6. The fourth-order valence-corrected chi connectivity index (χ4v) is 41.7. The van der Waals surface area contributed by atoms with Gasteiger partial charge in [-0.25, -0.2) is 0 Å². The molecule has 0 fully saturated rings. The van der Waals surface area contributed by atoms with Crippen molar-refractivity contribution in [2.75, 3.05) is 0 Å². The molecule has 0 aliphatic heterocycles. The molecule has 2 atom stereocenters. The molecule has 0 saturated heterocycles. The van der Waals surface area contributed by atoms with Crippen LogP contribution < -0.4 is 0 Å². The van der Waals surface area contributed by atoms with E-state index in [1.807, 2.05) is 0 Å². The Morgan fingerprint density at radius 3 is 1.98 bits per heavy atom. The Bertz CT molecular complexity index is 2170. The second-order valence-corrected chi connectivity index (χ2v) is 57.8. The molecule has 0 amide bonds. The summed E-state index contributed by atoms with van der Waals surface area (Å²) in [4.78, 5) is 0. The van der Waals surface area contributed by atoms with Crippen LogP contribution in [0.25, 0.3) is 45.2 Å². The maximum absolute atomic E-state index is 8.73. The zero-order valence-electron chi connectivity index (χ0n) is 29.8. The van der Waals surface area contributed by atoms with Crippen LogP contribution in [0, 0.1) is 33.6 Å². The topological polar surface area (TPSA) is 0 Å². The summed E-state index contributed by atoms with van der Waals surface area (Å²) < 4.78 is 0.137. The zero-order valence-corrected chi connectivity index (χ0v) is 34.9. The molecule has 0 saturated carbocycles. The summed E-state index contributed by atoms with van der Waals surface area (Å²) in [7, 11) is 17.5. The molecular formula is C44H47Cl2SiZr. The fourth-order valence-electron chi connectivity index (χ4n) is 9.43. The molecule has 0 nitrogen and oxygen atoms in total. The van der Waals surface area contributed by atoms with Gasteiger partial charge in [-0.3, -0.25) is 0 Å². The van der Waals surface area contributed by atoms with Crippen molar-refractivity contribution in [3.8, 4) is 22.3 Å². The molecule has 0 N–H and O–H groups in total. The van der Waals surface area contributed by atoms with Crippen molar-refractivity contribution < 1.29 is 15.6 Å². The van der Waals surface area contributed by atoms with Gasteiger partial charge in [0, 0.05) is 0 Å². The number of aryl methyl sites for hydroxylation is 4. The first-order valence-corrected chi connectivity index (χ1v) is 33.8. The number of hydrogen-bond donors (Lipinski definition) is 0. The molecule has 0 bridgehead atoms. The van der Waals surface area contributed by atoms with E-state index in [9.17, 15) is 0 Å². The molecule has 245 valence electrons. The quantitative estimate of drug-likeness (QED) is 0.151. The van der Waals surface area contributed by atoms with Gasteiger partial charge in [-0.1, -0.05) is 0 Å². The van der Waals surface area contributed by atoms with Crippen LogP contribution in [0.15, 0.2) is 96.1 Å². The summed E-state index contributed by atoms with van der Waals surface area (Å²) in [5.74, 6) is -1.34. The van der Waals surface area contributed by atoms with Crippen molar-refractivity contribution in [2.24, 2.45) is 5.92 Å². The number of halogens is 2. The van der Waals surface area contributed by atoms with Crippen molar-refractivity contribution in [1.29, 1.82) is 0 Å². The standard InChI is InChI=1S/C22H19.C20H21.C2H7Si.2ClH.Zr/c1-15(2)18-13-17-9-6-12-21(22(17)14-18)20-11-5-8-16-7-3-4-10-19(16)20;1-12-8-15(4)20(16(5)9-12)17-7-6-14(3)18-10-13(2)11-19(17)18;1-3-2;;;/h3-15H,1-2H3;6-11H,1-5H3;3H,1-2H3;2*1H;/q;;;;;+2/p-2. The van der Waals surface area contributed by atoms with E-state index in [4.69, 9.17) is 17.0 Å². The molecule has 2 aliphatic rings. The van der Waals surface area contributed by atoms with E-state index in [2.05, 4.69) is 159 Å². The maximum atomic E-state index is 8.73. The van der Waals surface area contributed by atoms with E-state index < -0.39 is 21.5 Å². The summed E-state index contributed by atoms with van der Waals surface area (Å²) in [5, 5.41) is 2.54. The van der Waals surface area contributed by atoms with Crippen molar-refractivity contribution in [1.82, 2.24) is 0 Å². The Labute approximate surface area is 296 Å². The Balaban J connectivity index is 1.49. The molecule has 48 heavy (non-hydrogen) atoms. The zero-order chi connectivity index (χ0) is 34.3. The average molecular weight is 766 g/mol. The van der Waals surface area contributed by atoms with Crippen molar-refractivity contribution >= 4 is 45.9 Å². The molecule has 5 aromatic rings. The van der Waals surface area contributed by atoms with Gasteiger partial charge in [-0.2, -0.15) is 0 Å². The van der Waals surface area contributed by atoms with Crippen LogP contribution in [0.1, 0.15) is 72.5 Å². The van der Waals surface area contributed by atoms with Crippen molar-refractivity contribution in [2.45, 2.75) is 68.8 Å². The van der Waals surface area contributed by atoms with Crippen LogP contribution >= 0.6 is 17.0 Å². The first-order chi connectivity index (χ1) is 22.7. The van der Waals surface area contributed by atoms with Crippen LogP contribution in [0.3, 0.4) is 0 Å². The third kappa shape index (κ3) is 4.99. The summed E-state index contributed by atoms with van der Waals surface area (Å²) in [6.45, 7) is 20.9. The van der Waals surface area contributed by atoms with E-state index in [1.54, 1.807) is 0 Å². The Morgan fingerprint density at radius 2 is 1.29 bits per heavy atom. The molecule has 0 radical (unpaired) electrons. The molecule has 0 heterocycles. The summed E-state index contributed by atoms with van der Waals surface area (Å²) >= 11 is -4.89. The molecule has 4 heteroatoms. The van der Waals surface area contributed by atoms with Gasteiger partial charge in [-0.15, -0.1) is 0 Å². The van der Waals surface area contributed by atoms with E-state index in [1.165, 1.54) is 88.7 Å². The minimum atomic E-state index is -4.89. The second-order valence-electron chi connectivity index (χ2n) is 15.3.